The second kappa shape index (κ2) is 8.68. The maximum atomic E-state index is 5.29. The van der Waals surface area contributed by atoms with E-state index in [4.69, 9.17) is 4.42 Å². The molecule has 3 N–H and O–H groups in total. The van der Waals surface area contributed by atoms with Crippen LogP contribution in [0.1, 0.15) is 18.3 Å². The standard InChI is InChI=1S/C18H22N6O/c1-2-19-18(21-13-14-7-4-3-5-8-14)20-11-10-16-22-17(24-23-16)15-9-6-12-25-15/h3-9,12H,2,10-11,13H2,1H3,(H2,19,20,21)(H,22,23,24). The first kappa shape index (κ1) is 16.8. The van der Waals surface area contributed by atoms with Gasteiger partial charge in [0.25, 0.3) is 0 Å². The smallest absolute Gasteiger partial charge is 0.216 e. The lowest BCUT2D eigenvalue weighted by Crippen LogP contribution is -2.38. The number of guanidine groups is 1. The van der Waals surface area contributed by atoms with E-state index in [9.17, 15) is 0 Å². The zero-order chi connectivity index (χ0) is 17.3. The van der Waals surface area contributed by atoms with Crippen LogP contribution in [0, 0.1) is 0 Å². The molecular weight excluding hydrogens is 316 g/mol. The van der Waals surface area contributed by atoms with Crippen molar-refractivity contribution in [3.63, 3.8) is 0 Å². The highest BCUT2D eigenvalue weighted by molar-refractivity contribution is 5.79. The first-order valence-corrected chi connectivity index (χ1v) is 8.36. The number of hydrogen-bond acceptors (Lipinski definition) is 4. The van der Waals surface area contributed by atoms with Crippen molar-refractivity contribution in [3.05, 3.63) is 60.1 Å². The van der Waals surface area contributed by atoms with Crippen molar-refractivity contribution in [3.8, 4) is 11.6 Å². The molecule has 3 aromatic rings. The average Bonchev–Trinajstić information content (AvgIpc) is 3.32. The molecule has 0 amide bonds. The van der Waals surface area contributed by atoms with Crippen LogP contribution >= 0.6 is 0 Å². The van der Waals surface area contributed by atoms with Crippen molar-refractivity contribution in [2.24, 2.45) is 4.99 Å². The van der Waals surface area contributed by atoms with Crippen LogP contribution in [0.15, 0.2) is 58.1 Å². The summed E-state index contributed by atoms with van der Waals surface area (Å²) in [4.78, 5) is 9.02. The van der Waals surface area contributed by atoms with Crippen LogP contribution in [0.4, 0.5) is 0 Å². The highest BCUT2D eigenvalue weighted by atomic mass is 16.3. The van der Waals surface area contributed by atoms with Gasteiger partial charge in [0, 0.05) is 19.5 Å². The Balaban J connectivity index is 1.51. The number of rotatable bonds is 7. The molecule has 0 bridgehead atoms. The molecular formula is C18H22N6O. The molecule has 0 unspecified atom stereocenters. The van der Waals surface area contributed by atoms with Crippen molar-refractivity contribution < 1.29 is 4.42 Å². The van der Waals surface area contributed by atoms with Gasteiger partial charge in [-0.25, -0.2) is 9.98 Å². The fraction of sp³-hybridized carbons (Fsp3) is 0.278. The Morgan fingerprint density at radius 2 is 2.04 bits per heavy atom. The summed E-state index contributed by atoms with van der Waals surface area (Å²) >= 11 is 0. The fourth-order valence-corrected chi connectivity index (χ4v) is 2.32. The SMILES string of the molecule is CCNC(=NCc1ccccc1)NCCc1nc(-c2ccco2)n[nH]1. The minimum Gasteiger partial charge on any atom is -0.461 e. The van der Waals surface area contributed by atoms with Gasteiger partial charge in [0.2, 0.25) is 5.82 Å². The molecule has 0 fully saturated rings. The Hall–Kier alpha value is -3.09. The number of benzene rings is 1. The summed E-state index contributed by atoms with van der Waals surface area (Å²) in [6.07, 6.45) is 2.32. The summed E-state index contributed by atoms with van der Waals surface area (Å²) in [7, 11) is 0. The Kier molecular flexibility index (Phi) is 5.82. The number of aromatic nitrogens is 3. The Morgan fingerprint density at radius 3 is 2.80 bits per heavy atom. The molecule has 7 heteroatoms. The lowest BCUT2D eigenvalue weighted by Gasteiger charge is -2.10. The molecule has 2 aromatic heterocycles. The molecule has 0 spiro atoms. The van der Waals surface area contributed by atoms with Crippen LogP contribution in [0.2, 0.25) is 0 Å². The minimum absolute atomic E-state index is 0.574. The van der Waals surface area contributed by atoms with Gasteiger partial charge in [-0.05, 0) is 24.6 Å². The van der Waals surface area contributed by atoms with Crippen molar-refractivity contribution in [1.29, 1.82) is 0 Å². The monoisotopic (exact) mass is 338 g/mol. The van der Waals surface area contributed by atoms with Crippen molar-refractivity contribution in [2.75, 3.05) is 13.1 Å². The van der Waals surface area contributed by atoms with Crippen LogP contribution in [0.5, 0.6) is 0 Å². The molecule has 0 atom stereocenters. The highest BCUT2D eigenvalue weighted by Gasteiger charge is 2.08. The van der Waals surface area contributed by atoms with Gasteiger partial charge < -0.3 is 15.1 Å². The minimum atomic E-state index is 0.574. The molecule has 0 aliphatic carbocycles. The summed E-state index contributed by atoms with van der Waals surface area (Å²) < 4.78 is 5.29. The van der Waals surface area contributed by atoms with Gasteiger partial charge in [-0.3, -0.25) is 5.10 Å². The molecule has 1 aromatic carbocycles. The molecule has 3 rings (SSSR count). The second-order valence-corrected chi connectivity index (χ2v) is 5.44. The zero-order valence-corrected chi connectivity index (χ0v) is 14.2. The van der Waals surface area contributed by atoms with E-state index in [1.807, 2.05) is 37.3 Å². The highest BCUT2D eigenvalue weighted by Crippen LogP contribution is 2.14. The van der Waals surface area contributed by atoms with Gasteiger partial charge in [-0.1, -0.05) is 30.3 Å². The first-order chi connectivity index (χ1) is 12.3. The predicted molar refractivity (Wildman–Crippen MR) is 97.0 cm³/mol. The zero-order valence-electron chi connectivity index (χ0n) is 14.2. The van der Waals surface area contributed by atoms with Crippen molar-refractivity contribution >= 4 is 5.96 Å². The third-order valence-corrected chi connectivity index (χ3v) is 3.53. The van der Waals surface area contributed by atoms with E-state index in [0.717, 1.165) is 18.3 Å². The number of aromatic amines is 1. The number of nitrogens with zero attached hydrogens (tertiary/aromatic N) is 3. The van der Waals surface area contributed by atoms with E-state index >= 15 is 0 Å². The predicted octanol–water partition coefficient (Wildman–Crippen LogP) is 2.36. The topological polar surface area (TPSA) is 91.1 Å². The summed E-state index contributed by atoms with van der Waals surface area (Å²) in [6.45, 7) is 4.20. The van der Waals surface area contributed by atoms with Crippen LogP contribution < -0.4 is 10.6 Å². The summed E-state index contributed by atoms with van der Waals surface area (Å²) in [5, 5.41) is 13.7. The van der Waals surface area contributed by atoms with Gasteiger partial charge >= 0.3 is 0 Å². The van der Waals surface area contributed by atoms with E-state index < -0.39 is 0 Å². The molecule has 0 saturated heterocycles. The van der Waals surface area contributed by atoms with Crippen LogP contribution in [0.25, 0.3) is 11.6 Å². The number of aliphatic imine (C=N–C) groups is 1. The van der Waals surface area contributed by atoms with E-state index in [1.165, 1.54) is 5.56 Å². The molecule has 7 nitrogen and oxygen atoms in total. The Bertz CT molecular complexity index is 779. The average molecular weight is 338 g/mol. The molecule has 0 saturated carbocycles. The van der Waals surface area contributed by atoms with Crippen molar-refractivity contribution in [2.45, 2.75) is 19.9 Å². The van der Waals surface area contributed by atoms with E-state index in [-0.39, 0.29) is 0 Å². The van der Waals surface area contributed by atoms with Gasteiger partial charge in [-0.2, -0.15) is 5.10 Å². The molecule has 2 heterocycles. The largest absolute Gasteiger partial charge is 0.461 e. The van der Waals surface area contributed by atoms with Gasteiger partial charge in [0.15, 0.2) is 11.7 Å². The van der Waals surface area contributed by atoms with Crippen molar-refractivity contribution in [1.82, 2.24) is 25.8 Å². The number of nitrogens with one attached hydrogen (secondary N) is 3. The van der Waals surface area contributed by atoms with Crippen LogP contribution in [0.3, 0.4) is 0 Å². The third kappa shape index (κ3) is 4.94. The van der Waals surface area contributed by atoms with Gasteiger partial charge in [0.1, 0.15) is 5.82 Å². The van der Waals surface area contributed by atoms with E-state index in [2.05, 4.69) is 42.9 Å². The van der Waals surface area contributed by atoms with Crippen LogP contribution in [-0.2, 0) is 13.0 Å². The van der Waals surface area contributed by atoms with Crippen LogP contribution in [-0.4, -0.2) is 34.2 Å². The number of furan rings is 1. The second-order valence-electron chi connectivity index (χ2n) is 5.44. The maximum Gasteiger partial charge on any atom is 0.216 e. The summed E-state index contributed by atoms with van der Waals surface area (Å²) in [5.74, 6) is 2.83. The Morgan fingerprint density at radius 1 is 1.16 bits per heavy atom. The molecule has 0 aliphatic rings. The Labute approximate surface area is 146 Å². The van der Waals surface area contributed by atoms with Gasteiger partial charge in [0.05, 0.1) is 12.8 Å². The molecule has 25 heavy (non-hydrogen) atoms. The summed E-state index contributed by atoms with van der Waals surface area (Å²) in [6, 6.07) is 13.8. The number of hydrogen-bond donors (Lipinski definition) is 3. The van der Waals surface area contributed by atoms with E-state index in [1.54, 1.807) is 6.26 Å². The summed E-state index contributed by atoms with van der Waals surface area (Å²) in [5.41, 5.74) is 1.18. The van der Waals surface area contributed by atoms with Gasteiger partial charge in [-0.15, -0.1) is 0 Å². The third-order valence-electron chi connectivity index (χ3n) is 3.53. The molecule has 130 valence electrons. The lowest BCUT2D eigenvalue weighted by atomic mass is 10.2. The normalized spacial score (nSPS) is 11.5. The fourth-order valence-electron chi connectivity index (χ4n) is 2.32. The molecule has 0 aliphatic heterocycles. The maximum absolute atomic E-state index is 5.29. The lowest BCUT2D eigenvalue weighted by molar-refractivity contribution is 0.577. The number of H-pyrrole nitrogens is 1. The molecule has 0 radical (unpaired) electrons. The quantitative estimate of drug-likeness (QED) is 0.454. The van der Waals surface area contributed by atoms with E-state index in [0.29, 0.717) is 31.1 Å². The first-order valence-electron chi connectivity index (χ1n) is 8.36.